The van der Waals surface area contributed by atoms with E-state index in [1.165, 1.54) is 0 Å². The Bertz CT molecular complexity index is 130. The molecule has 38 valence electrons. The molecule has 0 radical (unpaired) electrons. The van der Waals surface area contributed by atoms with Crippen molar-refractivity contribution < 1.29 is 0 Å². The number of halogens is 2. The first-order valence-electron chi connectivity index (χ1n) is 1.33. The van der Waals surface area contributed by atoms with Crippen molar-refractivity contribution in [1.82, 2.24) is 0 Å². The summed E-state index contributed by atoms with van der Waals surface area (Å²) in [6.07, 6.45) is 0. The highest BCUT2D eigenvalue weighted by Crippen LogP contribution is 2.15. The van der Waals surface area contributed by atoms with E-state index in [0.717, 1.165) is 0 Å². The third kappa shape index (κ3) is 2.81. The van der Waals surface area contributed by atoms with E-state index < -0.39 is 0 Å². The third-order valence-corrected chi connectivity index (χ3v) is 1.19. The van der Waals surface area contributed by atoms with Crippen molar-refractivity contribution in [2.24, 2.45) is 0 Å². The zero-order chi connectivity index (χ0) is 5.86. The smallest absolute Gasteiger partial charge is 0.143 e. The fourth-order valence-electron chi connectivity index (χ4n) is 0.0461. The van der Waals surface area contributed by atoms with Crippen molar-refractivity contribution >= 4 is 35.8 Å². The Morgan fingerprint density at radius 1 is 1.57 bits per heavy atom. The molecule has 0 unspecified atom stereocenters. The molecule has 0 aliphatic heterocycles. The SMILES string of the molecule is N#CC(Cl)=C(S)Cl. The van der Waals surface area contributed by atoms with Crippen LogP contribution in [-0.2, 0) is 0 Å². The Labute approximate surface area is 56.9 Å². The lowest BCUT2D eigenvalue weighted by Gasteiger charge is -1.77. The highest BCUT2D eigenvalue weighted by molar-refractivity contribution is 7.86. The molecule has 0 saturated heterocycles. The summed E-state index contributed by atoms with van der Waals surface area (Å²) in [6.45, 7) is 0. The summed E-state index contributed by atoms with van der Waals surface area (Å²) >= 11 is 13.8. The van der Waals surface area contributed by atoms with Gasteiger partial charge < -0.3 is 0 Å². The molecule has 0 N–H and O–H groups in total. The third-order valence-electron chi connectivity index (χ3n) is 0.279. The van der Waals surface area contributed by atoms with E-state index in [1.807, 2.05) is 0 Å². The highest BCUT2D eigenvalue weighted by Gasteiger charge is 1.90. The van der Waals surface area contributed by atoms with Crippen LogP contribution in [0.15, 0.2) is 9.40 Å². The van der Waals surface area contributed by atoms with Gasteiger partial charge in [0, 0.05) is 0 Å². The summed E-state index contributed by atoms with van der Waals surface area (Å²) in [4.78, 5) is 0. The van der Waals surface area contributed by atoms with Gasteiger partial charge in [0.05, 0.1) is 4.36 Å². The quantitative estimate of drug-likeness (QED) is 0.419. The largest absolute Gasteiger partial charge is 0.191 e. The molecule has 0 heterocycles. The molecule has 4 heteroatoms. The van der Waals surface area contributed by atoms with Gasteiger partial charge in [-0.1, -0.05) is 23.2 Å². The molecule has 0 bridgehead atoms. The summed E-state index contributed by atoms with van der Waals surface area (Å²) in [5.41, 5.74) is 0. The van der Waals surface area contributed by atoms with Crippen molar-refractivity contribution in [2.75, 3.05) is 0 Å². The van der Waals surface area contributed by atoms with Crippen LogP contribution in [0.1, 0.15) is 0 Å². The van der Waals surface area contributed by atoms with Gasteiger partial charge in [-0.05, 0) is 0 Å². The van der Waals surface area contributed by atoms with Gasteiger partial charge in [0.1, 0.15) is 11.1 Å². The number of nitriles is 1. The summed E-state index contributed by atoms with van der Waals surface area (Å²) in [5, 5.41) is 7.85. The van der Waals surface area contributed by atoms with Gasteiger partial charge >= 0.3 is 0 Å². The molecule has 0 aliphatic carbocycles. The van der Waals surface area contributed by atoms with Crippen LogP contribution in [0.4, 0.5) is 0 Å². The van der Waals surface area contributed by atoms with Crippen molar-refractivity contribution in [3.63, 3.8) is 0 Å². The zero-order valence-electron chi connectivity index (χ0n) is 3.15. The molecule has 7 heavy (non-hydrogen) atoms. The Balaban J connectivity index is 4.07. The first-order chi connectivity index (χ1) is 3.18. The topological polar surface area (TPSA) is 23.8 Å². The molecule has 0 spiro atoms. The minimum Gasteiger partial charge on any atom is -0.191 e. The molecule has 0 fully saturated rings. The van der Waals surface area contributed by atoms with Gasteiger partial charge in [-0.15, -0.1) is 12.6 Å². The van der Waals surface area contributed by atoms with Gasteiger partial charge in [-0.25, -0.2) is 0 Å². The van der Waals surface area contributed by atoms with Crippen LogP contribution < -0.4 is 0 Å². The van der Waals surface area contributed by atoms with Crippen LogP contribution in [0.3, 0.4) is 0 Å². The van der Waals surface area contributed by atoms with Gasteiger partial charge in [0.2, 0.25) is 0 Å². The summed E-state index contributed by atoms with van der Waals surface area (Å²) in [6, 6.07) is 1.60. The lowest BCUT2D eigenvalue weighted by atomic mass is 10.7. The minimum atomic E-state index is -0.0787. The predicted molar refractivity (Wildman–Crippen MR) is 33.3 cm³/mol. The normalized spacial score (nSPS) is 12.3. The summed E-state index contributed by atoms with van der Waals surface area (Å²) in [7, 11) is 0. The standard InChI is InChI=1S/C3HCl2NS/c4-2(1-6)3(5)7/h7H. The van der Waals surface area contributed by atoms with Crippen LogP contribution in [0.25, 0.3) is 0 Å². The fourth-order valence-corrected chi connectivity index (χ4v) is 0.138. The van der Waals surface area contributed by atoms with E-state index in [-0.39, 0.29) is 9.40 Å². The lowest BCUT2D eigenvalue weighted by molar-refractivity contribution is 1.53. The molecule has 0 aromatic carbocycles. The molecule has 0 atom stereocenters. The first kappa shape index (κ1) is 7.16. The molecule has 0 amide bonds. The molecule has 0 aliphatic rings. The van der Waals surface area contributed by atoms with E-state index in [0.29, 0.717) is 0 Å². The number of hydrogen-bond donors (Lipinski definition) is 1. The van der Waals surface area contributed by atoms with E-state index in [4.69, 9.17) is 28.5 Å². The monoisotopic (exact) mass is 153 g/mol. The Kier molecular flexibility index (Phi) is 3.27. The Hall–Kier alpha value is 0.160. The van der Waals surface area contributed by atoms with Gasteiger partial charge in [-0.3, -0.25) is 0 Å². The molecule has 1 nitrogen and oxygen atoms in total. The number of nitrogens with zero attached hydrogens (tertiary/aromatic N) is 1. The van der Waals surface area contributed by atoms with Crippen molar-refractivity contribution in [2.45, 2.75) is 0 Å². The minimum absolute atomic E-state index is 0.0316. The molecule has 0 rings (SSSR count). The van der Waals surface area contributed by atoms with Crippen LogP contribution >= 0.6 is 35.8 Å². The van der Waals surface area contributed by atoms with Crippen LogP contribution in [0.5, 0.6) is 0 Å². The van der Waals surface area contributed by atoms with Gasteiger partial charge in [0.25, 0.3) is 0 Å². The molecule has 0 aromatic heterocycles. The average Bonchev–Trinajstić information content (AvgIpc) is 1.65. The fraction of sp³-hybridized carbons (Fsp3) is 0. The number of allylic oxidation sites excluding steroid dienone is 1. The summed E-state index contributed by atoms with van der Waals surface area (Å²) < 4.78 is 0.0316. The zero-order valence-corrected chi connectivity index (χ0v) is 5.56. The maximum atomic E-state index is 7.93. The van der Waals surface area contributed by atoms with Gasteiger partial charge in [-0.2, -0.15) is 5.26 Å². The first-order valence-corrected chi connectivity index (χ1v) is 2.53. The van der Waals surface area contributed by atoms with E-state index in [9.17, 15) is 0 Å². The molecule has 0 aromatic rings. The Morgan fingerprint density at radius 3 is 2.00 bits per heavy atom. The predicted octanol–water partition coefficient (Wildman–Crippen LogP) is 2.09. The maximum Gasteiger partial charge on any atom is 0.143 e. The average molecular weight is 154 g/mol. The molecular formula is C3HCl2NS. The second-order valence-corrected chi connectivity index (χ2v) is 2.18. The number of rotatable bonds is 0. The van der Waals surface area contributed by atoms with E-state index in [1.54, 1.807) is 6.07 Å². The second-order valence-electron chi connectivity index (χ2n) is 0.717. The van der Waals surface area contributed by atoms with Gasteiger partial charge in [0.15, 0.2) is 0 Å². The number of thiol groups is 1. The van der Waals surface area contributed by atoms with E-state index in [2.05, 4.69) is 12.6 Å². The van der Waals surface area contributed by atoms with Crippen LogP contribution in [-0.4, -0.2) is 0 Å². The Morgan fingerprint density at radius 2 is 2.00 bits per heavy atom. The van der Waals surface area contributed by atoms with E-state index >= 15 is 0 Å². The van der Waals surface area contributed by atoms with Crippen molar-refractivity contribution in [1.29, 1.82) is 5.26 Å². The highest BCUT2D eigenvalue weighted by atomic mass is 35.5. The van der Waals surface area contributed by atoms with Crippen molar-refractivity contribution in [3.8, 4) is 6.07 Å². The van der Waals surface area contributed by atoms with Crippen molar-refractivity contribution in [3.05, 3.63) is 9.40 Å². The van der Waals surface area contributed by atoms with Crippen LogP contribution in [0, 0.1) is 11.3 Å². The summed E-state index contributed by atoms with van der Waals surface area (Å²) in [5.74, 6) is 0. The second kappa shape index (κ2) is 3.20. The maximum absolute atomic E-state index is 7.93. The molecular weight excluding hydrogens is 153 g/mol. The molecule has 0 saturated carbocycles. The number of hydrogen-bond acceptors (Lipinski definition) is 2. The lowest BCUT2D eigenvalue weighted by Crippen LogP contribution is -1.59. The van der Waals surface area contributed by atoms with Crippen LogP contribution in [0.2, 0.25) is 0 Å².